The first kappa shape index (κ1) is 17.0. The molecule has 25 heavy (non-hydrogen) atoms. The van der Waals surface area contributed by atoms with E-state index in [-0.39, 0.29) is 6.61 Å². The van der Waals surface area contributed by atoms with Crippen molar-refractivity contribution in [1.82, 2.24) is 0 Å². The van der Waals surface area contributed by atoms with E-state index in [4.69, 9.17) is 26.5 Å². The number of aryl methyl sites for hydroxylation is 2. The van der Waals surface area contributed by atoms with Crippen LogP contribution in [0.25, 0.3) is 11.0 Å². The maximum absolute atomic E-state index is 12.3. The molecule has 0 radical (unpaired) electrons. The van der Waals surface area contributed by atoms with E-state index in [9.17, 15) is 9.59 Å². The molecule has 0 saturated carbocycles. The van der Waals surface area contributed by atoms with Gasteiger partial charge in [-0.1, -0.05) is 23.7 Å². The van der Waals surface area contributed by atoms with Gasteiger partial charge in [0.05, 0.1) is 5.56 Å². The second-order valence-corrected chi connectivity index (χ2v) is 6.21. The van der Waals surface area contributed by atoms with Crippen LogP contribution < -0.4 is 11.4 Å². The van der Waals surface area contributed by atoms with E-state index < -0.39 is 11.6 Å². The fraction of sp³-hybridized carbons (Fsp3) is 0.158. The van der Waals surface area contributed by atoms with Crippen molar-refractivity contribution in [3.8, 4) is 0 Å². The fourth-order valence-corrected chi connectivity index (χ4v) is 2.71. The van der Waals surface area contributed by atoms with Crippen LogP contribution >= 0.6 is 11.6 Å². The molecule has 0 saturated heterocycles. The topological polar surface area (TPSA) is 82.5 Å². The van der Waals surface area contributed by atoms with Crippen molar-refractivity contribution in [2.75, 3.05) is 5.73 Å². The van der Waals surface area contributed by atoms with Gasteiger partial charge in [-0.25, -0.2) is 9.59 Å². The lowest BCUT2D eigenvalue weighted by Crippen LogP contribution is -2.10. The van der Waals surface area contributed by atoms with Crippen molar-refractivity contribution in [2.45, 2.75) is 20.5 Å². The molecule has 1 aromatic heterocycles. The number of carbonyl (C=O) groups is 1. The second-order valence-electron chi connectivity index (χ2n) is 5.80. The van der Waals surface area contributed by atoms with Gasteiger partial charge in [0.15, 0.2) is 0 Å². The molecule has 2 N–H and O–H groups in total. The van der Waals surface area contributed by atoms with Gasteiger partial charge in [0, 0.05) is 27.7 Å². The van der Waals surface area contributed by atoms with Gasteiger partial charge in [-0.2, -0.15) is 0 Å². The summed E-state index contributed by atoms with van der Waals surface area (Å²) < 4.78 is 10.5. The number of halogens is 1. The molecule has 3 aromatic rings. The van der Waals surface area contributed by atoms with Crippen LogP contribution in [-0.4, -0.2) is 5.97 Å². The number of ether oxygens (including phenoxy) is 1. The molecule has 0 unspecified atom stereocenters. The highest BCUT2D eigenvalue weighted by Crippen LogP contribution is 2.26. The summed E-state index contributed by atoms with van der Waals surface area (Å²) in [6, 6.07) is 9.81. The average molecular weight is 358 g/mol. The monoisotopic (exact) mass is 357 g/mol. The average Bonchev–Trinajstić information content (AvgIpc) is 2.56. The molecule has 0 aliphatic carbocycles. The number of hydrogen-bond donors (Lipinski definition) is 1. The number of benzene rings is 2. The quantitative estimate of drug-likeness (QED) is 0.435. The van der Waals surface area contributed by atoms with E-state index in [1.165, 1.54) is 6.07 Å². The molecule has 0 aliphatic rings. The summed E-state index contributed by atoms with van der Waals surface area (Å²) in [5, 5.41) is 1.16. The number of nitrogen functional groups attached to an aromatic ring is 1. The number of hydrogen-bond acceptors (Lipinski definition) is 5. The minimum atomic E-state index is -0.555. The summed E-state index contributed by atoms with van der Waals surface area (Å²) in [4.78, 5) is 24.1. The van der Waals surface area contributed by atoms with Crippen LogP contribution in [0.4, 0.5) is 5.69 Å². The molecule has 6 heteroatoms. The zero-order valence-electron chi connectivity index (χ0n) is 13.8. The van der Waals surface area contributed by atoms with Crippen molar-refractivity contribution in [2.24, 2.45) is 0 Å². The lowest BCUT2D eigenvalue weighted by Gasteiger charge is -2.10. The molecular formula is C19H16ClNO4. The van der Waals surface area contributed by atoms with E-state index in [0.717, 1.165) is 11.1 Å². The van der Waals surface area contributed by atoms with Crippen molar-refractivity contribution in [3.63, 3.8) is 0 Å². The SMILES string of the molecule is Cc1cc2oc(=O)cc(COC(=O)c3cccc(C)c3N)c2cc1Cl. The molecule has 1 heterocycles. The van der Waals surface area contributed by atoms with E-state index in [2.05, 4.69) is 0 Å². The van der Waals surface area contributed by atoms with Gasteiger partial charge in [0.25, 0.3) is 0 Å². The van der Waals surface area contributed by atoms with Crippen LogP contribution in [0.3, 0.4) is 0 Å². The lowest BCUT2D eigenvalue weighted by molar-refractivity contribution is 0.0475. The van der Waals surface area contributed by atoms with Gasteiger partial charge in [-0.05, 0) is 43.2 Å². The molecule has 2 aromatic carbocycles. The lowest BCUT2D eigenvalue weighted by atomic mass is 10.1. The summed E-state index contributed by atoms with van der Waals surface area (Å²) in [6.45, 7) is 3.54. The van der Waals surface area contributed by atoms with Crippen molar-refractivity contribution in [1.29, 1.82) is 0 Å². The number of nitrogens with two attached hydrogens (primary N) is 1. The highest BCUT2D eigenvalue weighted by Gasteiger charge is 2.15. The van der Waals surface area contributed by atoms with Crippen LogP contribution in [0.2, 0.25) is 5.02 Å². The van der Waals surface area contributed by atoms with Gasteiger partial charge in [0.1, 0.15) is 12.2 Å². The van der Waals surface area contributed by atoms with Gasteiger partial charge < -0.3 is 14.9 Å². The summed E-state index contributed by atoms with van der Waals surface area (Å²) in [7, 11) is 0. The normalized spacial score (nSPS) is 10.8. The number of para-hydroxylation sites is 1. The van der Waals surface area contributed by atoms with Crippen LogP contribution in [-0.2, 0) is 11.3 Å². The Morgan fingerprint density at radius 2 is 1.96 bits per heavy atom. The number of rotatable bonds is 3. The van der Waals surface area contributed by atoms with Crippen molar-refractivity contribution < 1.29 is 13.9 Å². The summed E-state index contributed by atoms with van der Waals surface area (Å²) >= 11 is 6.15. The number of esters is 1. The smallest absolute Gasteiger partial charge is 0.340 e. The first-order valence-corrected chi connectivity index (χ1v) is 7.99. The minimum Gasteiger partial charge on any atom is -0.457 e. The highest BCUT2D eigenvalue weighted by molar-refractivity contribution is 6.32. The zero-order chi connectivity index (χ0) is 18.1. The van der Waals surface area contributed by atoms with E-state index in [1.54, 1.807) is 24.3 Å². The Bertz CT molecular complexity index is 1040. The Morgan fingerprint density at radius 1 is 1.20 bits per heavy atom. The zero-order valence-corrected chi connectivity index (χ0v) is 14.5. The molecule has 0 aliphatic heterocycles. The van der Waals surface area contributed by atoms with Crippen LogP contribution in [0.1, 0.15) is 27.0 Å². The predicted octanol–water partition coefficient (Wildman–Crippen LogP) is 4.00. The van der Waals surface area contributed by atoms with E-state index in [1.807, 2.05) is 19.9 Å². The molecule has 0 fully saturated rings. The van der Waals surface area contributed by atoms with Crippen molar-refractivity contribution in [3.05, 3.63) is 74.1 Å². The standard InChI is InChI=1S/C19H16ClNO4/c1-10-4-3-5-13(18(10)21)19(23)24-9-12-7-17(22)25-16-6-11(2)15(20)8-14(12)16/h3-8H,9,21H2,1-2H3. The molecule has 0 spiro atoms. The maximum Gasteiger partial charge on any atom is 0.340 e. The Morgan fingerprint density at radius 3 is 2.72 bits per heavy atom. The fourth-order valence-electron chi connectivity index (χ4n) is 2.55. The van der Waals surface area contributed by atoms with Crippen LogP contribution in [0.15, 0.2) is 45.6 Å². The number of fused-ring (bicyclic) bond motifs is 1. The Balaban J connectivity index is 1.93. The first-order chi connectivity index (χ1) is 11.9. The highest BCUT2D eigenvalue weighted by atomic mass is 35.5. The van der Waals surface area contributed by atoms with Crippen LogP contribution in [0.5, 0.6) is 0 Å². The molecule has 0 atom stereocenters. The van der Waals surface area contributed by atoms with Gasteiger partial charge in [-0.15, -0.1) is 0 Å². The summed E-state index contributed by atoms with van der Waals surface area (Å²) in [5.74, 6) is -0.555. The van der Waals surface area contributed by atoms with E-state index >= 15 is 0 Å². The minimum absolute atomic E-state index is 0.0896. The van der Waals surface area contributed by atoms with Gasteiger partial charge in [-0.3, -0.25) is 0 Å². The van der Waals surface area contributed by atoms with E-state index in [0.29, 0.717) is 32.8 Å². The number of carbonyl (C=O) groups excluding carboxylic acids is 1. The first-order valence-electron chi connectivity index (χ1n) is 7.62. The summed E-state index contributed by atoms with van der Waals surface area (Å²) in [5.41, 5.74) is 8.58. The molecule has 3 rings (SSSR count). The van der Waals surface area contributed by atoms with Crippen LogP contribution in [0, 0.1) is 13.8 Å². The third kappa shape index (κ3) is 3.37. The molecule has 5 nitrogen and oxygen atoms in total. The largest absolute Gasteiger partial charge is 0.457 e. The Kier molecular flexibility index (Phi) is 4.51. The third-order valence-corrected chi connectivity index (χ3v) is 4.42. The third-order valence-electron chi connectivity index (χ3n) is 4.01. The van der Waals surface area contributed by atoms with Gasteiger partial charge >= 0.3 is 11.6 Å². The maximum atomic E-state index is 12.3. The molecule has 0 amide bonds. The molecule has 128 valence electrons. The van der Waals surface area contributed by atoms with Gasteiger partial charge in [0.2, 0.25) is 0 Å². The summed E-state index contributed by atoms with van der Waals surface area (Å²) in [6.07, 6.45) is 0. The number of anilines is 1. The van der Waals surface area contributed by atoms with Crippen molar-refractivity contribution >= 4 is 34.2 Å². The Hall–Kier alpha value is -2.79. The molecular weight excluding hydrogens is 342 g/mol. The Labute approximate surface area is 149 Å². The predicted molar refractivity (Wildman–Crippen MR) is 96.9 cm³/mol. The second kappa shape index (κ2) is 6.61. The molecule has 0 bridgehead atoms.